The second-order valence-electron chi connectivity index (χ2n) is 13.0. The molecule has 264 valence electrons. The van der Waals surface area contributed by atoms with Gasteiger partial charge in [0.25, 0.3) is 5.56 Å². The molecule has 0 unspecified atom stereocenters. The first-order valence-corrected chi connectivity index (χ1v) is 17.7. The van der Waals surface area contributed by atoms with E-state index >= 15 is 0 Å². The van der Waals surface area contributed by atoms with Crippen LogP contribution in [0.1, 0.15) is 53.7 Å². The number of nitrogens with zero attached hydrogens (tertiary/aromatic N) is 4. The Morgan fingerprint density at radius 2 is 1.51 bits per heavy atom. The van der Waals surface area contributed by atoms with Gasteiger partial charge in [0, 0.05) is 16.8 Å². The lowest BCUT2D eigenvalue weighted by Crippen LogP contribution is -2.21. The van der Waals surface area contributed by atoms with Crippen molar-refractivity contribution in [2.75, 3.05) is 13.7 Å². The molecule has 0 saturated carbocycles. The van der Waals surface area contributed by atoms with Crippen molar-refractivity contribution < 1.29 is 14.3 Å². The van der Waals surface area contributed by atoms with Gasteiger partial charge in [0.15, 0.2) is 5.82 Å². The number of carbonyl (C=O) groups is 1. The van der Waals surface area contributed by atoms with Gasteiger partial charge in [0.05, 0.1) is 47.8 Å². The molecule has 8 nitrogen and oxygen atoms in total. The van der Waals surface area contributed by atoms with E-state index in [-0.39, 0.29) is 11.5 Å². The first-order valence-electron chi connectivity index (χ1n) is 17.7. The second-order valence-corrected chi connectivity index (χ2v) is 13.0. The Hall–Kier alpha value is -6.54. The highest BCUT2D eigenvalue weighted by atomic mass is 16.5. The fourth-order valence-corrected chi connectivity index (χ4v) is 6.67. The molecule has 2 heterocycles. The average molecular weight is 701 g/mol. The quantitative estimate of drug-likeness (QED) is 0.105. The summed E-state index contributed by atoms with van der Waals surface area (Å²) in [5.41, 5.74) is 8.84. The largest absolute Gasteiger partial charge is 0.494 e. The Labute approximate surface area is 308 Å². The predicted molar refractivity (Wildman–Crippen MR) is 212 cm³/mol. The van der Waals surface area contributed by atoms with E-state index in [1.165, 1.54) is 11.8 Å². The molecule has 7 rings (SSSR count). The molecule has 8 heteroatoms. The van der Waals surface area contributed by atoms with E-state index in [1.807, 2.05) is 98.8 Å². The molecule has 53 heavy (non-hydrogen) atoms. The third-order valence-electron chi connectivity index (χ3n) is 9.28. The van der Waals surface area contributed by atoms with E-state index in [4.69, 9.17) is 19.6 Å². The lowest BCUT2D eigenvalue weighted by atomic mass is 9.96. The Morgan fingerprint density at radius 3 is 2.17 bits per heavy atom. The summed E-state index contributed by atoms with van der Waals surface area (Å²) >= 11 is 0. The van der Waals surface area contributed by atoms with Gasteiger partial charge in [0.2, 0.25) is 0 Å². The van der Waals surface area contributed by atoms with E-state index in [0.29, 0.717) is 28.9 Å². The average Bonchev–Trinajstić information content (AvgIpc) is 3.57. The maximum Gasteiger partial charge on any atom is 0.337 e. The van der Waals surface area contributed by atoms with Gasteiger partial charge in [-0.25, -0.2) is 9.78 Å². The maximum absolute atomic E-state index is 14.4. The van der Waals surface area contributed by atoms with Crippen molar-refractivity contribution in [3.8, 4) is 45.3 Å². The summed E-state index contributed by atoms with van der Waals surface area (Å²) in [4.78, 5) is 31.8. The molecule has 7 aromatic rings. The molecule has 0 spiro atoms. The minimum Gasteiger partial charge on any atom is -0.494 e. The fraction of sp³-hybridized carbons (Fsp3) is 0.156. The molecule has 0 radical (unpaired) electrons. The number of para-hydroxylation sites is 1. The molecule has 0 aliphatic heterocycles. The number of ether oxygens (including phenoxy) is 2. The second kappa shape index (κ2) is 15.0. The van der Waals surface area contributed by atoms with Gasteiger partial charge in [-0.15, -0.1) is 0 Å². The normalized spacial score (nSPS) is 11.4. The number of rotatable bonds is 10. The first-order chi connectivity index (χ1) is 25.8. The van der Waals surface area contributed by atoms with Crippen LogP contribution in [0, 0.1) is 6.92 Å². The van der Waals surface area contributed by atoms with Crippen molar-refractivity contribution in [2.45, 2.75) is 33.6 Å². The van der Waals surface area contributed by atoms with Crippen LogP contribution in [0.15, 0.2) is 137 Å². The zero-order chi connectivity index (χ0) is 37.1. The van der Waals surface area contributed by atoms with Crippen LogP contribution in [0.5, 0.6) is 5.75 Å². The van der Waals surface area contributed by atoms with E-state index < -0.39 is 5.97 Å². The number of aromatic nitrogens is 3. The lowest BCUT2D eigenvalue weighted by Gasteiger charge is -2.18. The van der Waals surface area contributed by atoms with Gasteiger partial charge in [0.1, 0.15) is 5.75 Å². The van der Waals surface area contributed by atoms with Crippen molar-refractivity contribution in [2.24, 2.45) is 5.10 Å². The Balaban J connectivity index is 1.49. The van der Waals surface area contributed by atoms with Gasteiger partial charge in [-0.2, -0.15) is 9.78 Å². The number of fused-ring (bicyclic) bond motifs is 1. The predicted octanol–water partition coefficient (Wildman–Crippen LogP) is 9.69. The highest BCUT2D eigenvalue weighted by Gasteiger charge is 2.21. The number of methoxy groups -OCH3 is 1. The summed E-state index contributed by atoms with van der Waals surface area (Å²) in [5, 5.41) is 5.43. The number of carbonyl (C=O) groups excluding carboxylic acids is 1. The van der Waals surface area contributed by atoms with E-state index in [0.717, 1.165) is 56.2 Å². The van der Waals surface area contributed by atoms with Crippen LogP contribution < -0.4 is 10.3 Å². The summed E-state index contributed by atoms with van der Waals surface area (Å²) in [6.45, 7) is 8.77. The number of aryl methyl sites for hydroxylation is 1. The Morgan fingerprint density at radius 1 is 0.849 bits per heavy atom. The highest BCUT2D eigenvalue weighted by molar-refractivity contribution is 5.94. The molecule has 0 bridgehead atoms. The topological polar surface area (TPSA) is 87.7 Å². The molecule has 2 aromatic heterocycles. The third-order valence-corrected chi connectivity index (χ3v) is 9.28. The molecule has 0 amide bonds. The third kappa shape index (κ3) is 6.79. The van der Waals surface area contributed by atoms with Crippen LogP contribution >= 0.6 is 0 Å². The van der Waals surface area contributed by atoms with Gasteiger partial charge in [-0.05, 0) is 96.6 Å². The summed E-state index contributed by atoms with van der Waals surface area (Å²) in [5.74, 6) is 1.03. The highest BCUT2D eigenvalue weighted by Crippen LogP contribution is 2.37. The van der Waals surface area contributed by atoms with Crippen LogP contribution in [-0.2, 0) is 4.74 Å². The monoisotopic (exact) mass is 700 g/mol. The van der Waals surface area contributed by atoms with Gasteiger partial charge in [-0.1, -0.05) is 86.6 Å². The van der Waals surface area contributed by atoms with Gasteiger partial charge < -0.3 is 14.0 Å². The van der Waals surface area contributed by atoms with Crippen molar-refractivity contribution in [3.05, 3.63) is 160 Å². The van der Waals surface area contributed by atoms with Gasteiger partial charge in [-0.3, -0.25) is 4.79 Å². The number of esters is 1. The van der Waals surface area contributed by atoms with E-state index in [2.05, 4.69) is 42.7 Å². The molecule has 0 saturated heterocycles. The van der Waals surface area contributed by atoms with Crippen LogP contribution in [0.2, 0.25) is 0 Å². The van der Waals surface area contributed by atoms with Gasteiger partial charge >= 0.3 is 5.97 Å². The molecule has 0 atom stereocenters. The Kier molecular flexibility index (Phi) is 9.86. The summed E-state index contributed by atoms with van der Waals surface area (Å²) in [7, 11) is 1.37. The molecule has 0 fully saturated rings. The smallest absolute Gasteiger partial charge is 0.337 e. The maximum atomic E-state index is 14.4. The number of benzene rings is 5. The summed E-state index contributed by atoms with van der Waals surface area (Å²) < 4.78 is 14.6. The fourth-order valence-electron chi connectivity index (χ4n) is 6.67. The summed E-state index contributed by atoms with van der Waals surface area (Å²) in [6.07, 6.45) is 1.74. The molecule has 0 aliphatic carbocycles. The molecular formula is C45H40N4O4. The van der Waals surface area contributed by atoms with E-state index in [1.54, 1.807) is 24.4 Å². The number of hydrogen-bond acceptors (Lipinski definition) is 6. The summed E-state index contributed by atoms with van der Waals surface area (Å²) in [6, 6.07) is 41.0. The lowest BCUT2D eigenvalue weighted by molar-refractivity contribution is 0.0600. The molecule has 0 N–H and O–H groups in total. The molecule has 5 aromatic carbocycles. The SMILES string of the molecule is CCOc1cc(C)c(-c2nc3ccccc3c(=O)n2N=Cc2cc(-c3ccccc3)n(-c3ccc(C(=O)OC)cc3)c2-c2ccccc2)cc1C(C)C. The van der Waals surface area contributed by atoms with Crippen LogP contribution in [0.25, 0.3) is 50.5 Å². The zero-order valence-corrected chi connectivity index (χ0v) is 30.4. The van der Waals surface area contributed by atoms with Crippen LogP contribution in [-0.4, -0.2) is 40.1 Å². The Bertz CT molecular complexity index is 2520. The minimum absolute atomic E-state index is 0.173. The van der Waals surface area contributed by atoms with Crippen molar-refractivity contribution in [1.82, 2.24) is 14.2 Å². The van der Waals surface area contributed by atoms with Crippen molar-refractivity contribution in [3.63, 3.8) is 0 Å². The van der Waals surface area contributed by atoms with Crippen LogP contribution in [0.4, 0.5) is 0 Å². The van der Waals surface area contributed by atoms with Crippen LogP contribution in [0.3, 0.4) is 0 Å². The van der Waals surface area contributed by atoms with Crippen molar-refractivity contribution >= 4 is 23.1 Å². The molecule has 0 aliphatic rings. The standard InChI is InChI=1S/C45H40N4O4/c1-6-53-41-25-30(4)38(27-37(41)29(2)3)43-47-39-20-14-13-19-36(39)44(50)49(43)46-28-34-26-40(31-15-9-7-10-16-31)48(42(34)32-17-11-8-12-18-32)35-23-21-33(22-24-35)45(51)52-5/h7-29H,6H2,1-5H3. The first kappa shape index (κ1) is 34.9. The zero-order valence-electron chi connectivity index (χ0n) is 30.4. The minimum atomic E-state index is -0.406. The van der Waals surface area contributed by atoms with E-state index in [9.17, 15) is 9.59 Å². The molecular weight excluding hydrogens is 661 g/mol. The van der Waals surface area contributed by atoms with Crippen molar-refractivity contribution in [1.29, 1.82) is 0 Å². The number of hydrogen-bond donors (Lipinski definition) is 0.